The van der Waals surface area contributed by atoms with Crippen molar-refractivity contribution in [1.82, 2.24) is 10.3 Å². The van der Waals surface area contributed by atoms with Gasteiger partial charge in [-0.05, 0) is 86.5 Å². The summed E-state index contributed by atoms with van der Waals surface area (Å²) in [6, 6.07) is 9.83. The molecule has 1 aromatic carbocycles. The van der Waals surface area contributed by atoms with Crippen molar-refractivity contribution >= 4 is 11.6 Å². The number of benzene rings is 1. The molecule has 2 N–H and O–H groups in total. The second-order valence-electron chi connectivity index (χ2n) is 10.9. The number of piperidine rings is 1. The van der Waals surface area contributed by atoms with E-state index in [0.29, 0.717) is 23.3 Å². The highest BCUT2D eigenvalue weighted by molar-refractivity contribution is 5.83. The van der Waals surface area contributed by atoms with Gasteiger partial charge in [-0.3, -0.25) is 9.78 Å². The van der Waals surface area contributed by atoms with Crippen LogP contribution in [0, 0.1) is 29.0 Å². The molecule has 1 amide bonds. The SMILES string of the molecule is O=C(NC1CCCN(c2ccc(-c3ccncc3F)cc2)C1)C12CC3CC(C1)C(O)C(C3)C2. The van der Waals surface area contributed by atoms with Gasteiger partial charge in [0, 0.05) is 36.6 Å². The second-order valence-corrected chi connectivity index (χ2v) is 10.9. The molecule has 7 rings (SSSR count). The van der Waals surface area contributed by atoms with Crippen LogP contribution in [-0.4, -0.2) is 41.2 Å². The van der Waals surface area contributed by atoms with Crippen LogP contribution in [0.1, 0.15) is 44.9 Å². The van der Waals surface area contributed by atoms with Crippen molar-refractivity contribution in [2.24, 2.45) is 23.2 Å². The van der Waals surface area contributed by atoms with Crippen molar-refractivity contribution in [1.29, 1.82) is 0 Å². The predicted octanol–water partition coefficient (Wildman–Crippen LogP) is 4.16. The lowest BCUT2D eigenvalue weighted by Gasteiger charge is -2.58. The molecule has 4 saturated carbocycles. The number of rotatable bonds is 4. The summed E-state index contributed by atoms with van der Waals surface area (Å²) < 4.78 is 14.1. The van der Waals surface area contributed by atoms with Crippen molar-refractivity contribution in [3.05, 3.63) is 48.5 Å². The number of nitrogens with one attached hydrogen (secondary N) is 1. The average Bonchev–Trinajstić information content (AvgIpc) is 2.82. The van der Waals surface area contributed by atoms with Crippen molar-refractivity contribution in [3.8, 4) is 11.1 Å². The molecule has 3 atom stereocenters. The minimum absolute atomic E-state index is 0.140. The number of halogens is 1. The van der Waals surface area contributed by atoms with Crippen LogP contribution in [0.5, 0.6) is 0 Å². The van der Waals surface area contributed by atoms with Crippen LogP contribution in [0.2, 0.25) is 0 Å². The molecule has 0 spiro atoms. The Bertz CT molecular complexity index is 1030. The number of hydrogen-bond acceptors (Lipinski definition) is 4. The third-order valence-electron chi connectivity index (χ3n) is 8.78. The summed E-state index contributed by atoms with van der Waals surface area (Å²) >= 11 is 0. The largest absolute Gasteiger partial charge is 0.393 e. The molecule has 5 nitrogen and oxygen atoms in total. The van der Waals surface area contributed by atoms with Gasteiger partial charge >= 0.3 is 0 Å². The molecule has 2 aromatic rings. The minimum Gasteiger partial charge on any atom is -0.393 e. The summed E-state index contributed by atoms with van der Waals surface area (Å²) in [5.74, 6) is 1.15. The molecule has 1 aliphatic heterocycles. The molecular weight excluding hydrogens is 417 g/mol. The quantitative estimate of drug-likeness (QED) is 0.736. The summed E-state index contributed by atoms with van der Waals surface area (Å²) in [4.78, 5) is 19.6. The van der Waals surface area contributed by atoms with Gasteiger partial charge in [0.25, 0.3) is 0 Å². The summed E-state index contributed by atoms with van der Waals surface area (Å²) in [6.07, 6.45) is 9.60. The van der Waals surface area contributed by atoms with E-state index in [2.05, 4.69) is 15.2 Å². The maximum absolute atomic E-state index is 14.1. The summed E-state index contributed by atoms with van der Waals surface area (Å²) in [5, 5.41) is 14.0. The molecule has 1 saturated heterocycles. The van der Waals surface area contributed by atoms with Gasteiger partial charge in [-0.25, -0.2) is 4.39 Å². The van der Waals surface area contributed by atoms with Gasteiger partial charge in [-0.2, -0.15) is 0 Å². The minimum atomic E-state index is -0.316. The molecule has 0 radical (unpaired) electrons. The number of carbonyl (C=O) groups is 1. The van der Waals surface area contributed by atoms with E-state index in [1.54, 1.807) is 12.3 Å². The highest BCUT2D eigenvalue weighted by Gasteiger charge is 2.58. The van der Waals surface area contributed by atoms with Crippen LogP contribution in [0.25, 0.3) is 11.1 Å². The third kappa shape index (κ3) is 3.72. The number of anilines is 1. The van der Waals surface area contributed by atoms with Gasteiger partial charge in [0.05, 0.1) is 17.7 Å². The number of pyridine rings is 1. The number of amides is 1. The maximum Gasteiger partial charge on any atom is 0.226 e. The molecule has 174 valence electrons. The Morgan fingerprint density at radius 3 is 2.61 bits per heavy atom. The fraction of sp³-hybridized carbons (Fsp3) is 0.556. The Morgan fingerprint density at radius 2 is 1.88 bits per heavy atom. The van der Waals surface area contributed by atoms with Crippen molar-refractivity contribution in [2.75, 3.05) is 18.0 Å². The first-order chi connectivity index (χ1) is 16.0. The zero-order valence-electron chi connectivity index (χ0n) is 18.9. The van der Waals surface area contributed by atoms with Gasteiger partial charge in [0.15, 0.2) is 0 Å². The number of nitrogens with zero attached hydrogens (tertiary/aromatic N) is 2. The number of hydrogen-bond donors (Lipinski definition) is 2. The van der Waals surface area contributed by atoms with E-state index in [-0.39, 0.29) is 29.3 Å². The first kappa shape index (κ1) is 21.1. The number of aromatic nitrogens is 1. The van der Waals surface area contributed by atoms with Crippen molar-refractivity contribution in [2.45, 2.75) is 57.1 Å². The van der Waals surface area contributed by atoms with E-state index in [4.69, 9.17) is 0 Å². The fourth-order valence-corrected chi connectivity index (χ4v) is 7.40. The first-order valence-electron chi connectivity index (χ1n) is 12.4. The van der Waals surface area contributed by atoms with Gasteiger partial charge in [-0.1, -0.05) is 12.1 Å². The van der Waals surface area contributed by atoms with Crippen LogP contribution in [0.4, 0.5) is 10.1 Å². The van der Waals surface area contributed by atoms with Crippen molar-refractivity contribution < 1.29 is 14.3 Å². The summed E-state index contributed by atoms with van der Waals surface area (Å²) in [5.41, 5.74) is 2.24. The smallest absolute Gasteiger partial charge is 0.226 e. The van der Waals surface area contributed by atoms with Gasteiger partial charge in [0.1, 0.15) is 5.82 Å². The zero-order valence-corrected chi connectivity index (χ0v) is 18.9. The molecule has 6 heteroatoms. The lowest BCUT2D eigenvalue weighted by molar-refractivity contribution is -0.163. The van der Waals surface area contributed by atoms with Gasteiger partial charge in [0.2, 0.25) is 5.91 Å². The highest BCUT2D eigenvalue weighted by Crippen LogP contribution is 2.60. The molecular formula is C27H32FN3O2. The van der Waals surface area contributed by atoms with E-state index < -0.39 is 0 Å². The lowest BCUT2D eigenvalue weighted by Crippen LogP contribution is -2.60. The van der Waals surface area contributed by atoms with E-state index >= 15 is 0 Å². The number of aliphatic hydroxyl groups is 1. The van der Waals surface area contributed by atoms with Crippen LogP contribution in [0.15, 0.2) is 42.7 Å². The molecule has 33 heavy (non-hydrogen) atoms. The fourth-order valence-electron chi connectivity index (χ4n) is 7.40. The topological polar surface area (TPSA) is 65.5 Å². The first-order valence-corrected chi connectivity index (χ1v) is 12.4. The second kappa shape index (κ2) is 8.08. The maximum atomic E-state index is 14.1. The van der Waals surface area contributed by atoms with E-state index in [0.717, 1.165) is 69.3 Å². The molecule has 4 aliphatic carbocycles. The van der Waals surface area contributed by atoms with E-state index in [1.807, 2.05) is 24.3 Å². The number of aliphatic hydroxyl groups excluding tert-OH is 1. The molecule has 3 unspecified atom stereocenters. The lowest BCUT2D eigenvalue weighted by atomic mass is 9.48. The predicted molar refractivity (Wildman–Crippen MR) is 125 cm³/mol. The summed E-state index contributed by atoms with van der Waals surface area (Å²) in [7, 11) is 0. The van der Waals surface area contributed by atoms with Crippen LogP contribution in [0.3, 0.4) is 0 Å². The molecule has 5 fully saturated rings. The normalized spacial score (nSPS) is 35.0. The molecule has 5 aliphatic rings. The standard InChI is InChI=1S/C27H32FN3O2/c28-24-15-29-8-7-23(24)18-3-5-22(6-4-18)31-9-1-2-21(16-31)30-26(33)27-12-17-10-19(13-27)25(32)20(11-17)14-27/h3-8,15,17,19-21,25,32H,1-2,9-14,16H2,(H,30,33). The highest BCUT2D eigenvalue weighted by atomic mass is 19.1. The van der Waals surface area contributed by atoms with Crippen molar-refractivity contribution in [3.63, 3.8) is 0 Å². The van der Waals surface area contributed by atoms with E-state index in [1.165, 1.54) is 6.20 Å². The Hall–Kier alpha value is -2.47. The Labute approximate surface area is 194 Å². The number of carbonyl (C=O) groups excluding carboxylic acids is 1. The Morgan fingerprint density at radius 1 is 1.12 bits per heavy atom. The van der Waals surface area contributed by atoms with Crippen LogP contribution >= 0.6 is 0 Å². The van der Waals surface area contributed by atoms with Gasteiger partial charge in [-0.15, -0.1) is 0 Å². The monoisotopic (exact) mass is 449 g/mol. The molecule has 2 heterocycles. The zero-order chi connectivity index (χ0) is 22.6. The van der Waals surface area contributed by atoms with Crippen LogP contribution in [-0.2, 0) is 4.79 Å². The third-order valence-corrected chi connectivity index (χ3v) is 8.78. The van der Waals surface area contributed by atoms with E-state index in [9.17, 15) is 14.3 Å². The summed E-state index contributed by atoms with van der Waals surface area (Å²) in [6.45, 7) is 1.75. The molecule has 4 bridgehead atoms. The van der Waals surface area contributed by atoms with Crippen LogP contribution < -0.4 is 10.2 Å². The van der Waals surface area contributed by atoms with Gasteiger partial charge < -0.3 is 15.3 Å². The Balaban J connectivity index is 1.12. The Kier molecular flexibility index (Phi) is 5.17. The molecule has 1 aromatic heterocycles. The average molecular weight is 450 g/mol.